The Morgan fingerprint density at radius 2 is 1.72 bits per heavy atom. The van der Waals surface area contributed by atoms with Gasteiger partial charge in [0, 0.05) is 56.6 Å². The lowest BCUT2D eigenvalue weighted by atomic mass is 9.95. The zero-order valence-corrected chi connectivity index (χ0v) is 16.8. The third-order valence-electron chi connectivity index (χ3n) is 7.28. The zero-order valence-electron chi connectivity index (χ0n) is 16.8. The van der Waals surface area contributed by atoms with Gasteiger partial charge in [-0.1, -0.05) is 0 Å². The molecule has 4 fully saturated rings. The molecule has 1 aromatic rings. The van der Waals surface area contributed by atoms with Crippen LogP contribution in [0, 0.1) is 17.8 Å². The molecule has 156 valence electrons. The summed E-state index contributed by atoms with van der Waals surface area (Å²) in [5.41, 5.74) is 8.22. The second-order valence-electron chi connectivity index (χ2n) is 9.25. The Bertz CT molecular complexity index is 762. The predicted octanol–water partition coefficient (Wildman–Crippen LogP) is 1.01. The molecule has 0 bridgehead atoms. The van der Waals surface area contributed by atoms with Gasteiger partial charge in [0.15, 0.2) is 0 Å². The summed E-state index contributed by atoms with van der Waals surface area (Å²) in [5, 5.41) is 5.63. The van der Waals surface area contributed by atoms with Gasteiger partial charge in [0.2, 0.25) is 11.8 Å². The molecule has 29 heavy (non-hydrogen) atoms. The highest BCUT2D eigenvalue weighted by atomic mass is 16.2. The summed E-state index contributed by atoms with van der Waals surface area (Å²) in [4.78, 5) is 28.3. The van der Waals surface area contributed by atoms with Gasteiger partial charge in [0.25, 0.3) is 0 Å². The lowest BCUT2D eigenvalue weighted by molar-refractivity contribution is -0.133. The van der Waals surface area contributed by atoms with Gasteiger partial charge in [-0.3, -0.25) is 14.9 Å². The number of hydrogen-bond acceptors (Lipinski definition) is 6. The topological polar surface area (TPSA) is 90.7 Å². The van der Waals surface area contributed by atoms with Gasteiger partial charge < -0.3 is 20.9 Å². The average molecular weight is 398 g/mol. The van der Waals surface area contributed by atoms with Crippen LogP contribution in [0.25, 0.3) is 0 Å². The number of nitrogens with one attached hydrogen (secondary N) is 2. The summed E-state index contributed by atoms with van der Waals surface area (Å²) in [6.07, 6.45) is 3.43. The summed E-state index contributed by atoms with van der Waals surface area (Å²) in [6, 6.07) is 8.48. The quantitative estimate of drug-likeness (QED) is 0.643. The van der Waals surface area contributed by atoms with E-state index in [1.165, 1.54) is 38.2 Å². The number of nitrogens with zero attached hydrogens (tertiary/aromatic N) is 2. The number of benzene rings is 1. The fourth-order valence-electron chi connectivity index (χ4n) is 5.35. The Morgan fingerprint density at radius 1 is 1.03 bits per heavy atom. The van der Waals surface area contributed by atoms with Crippen LogP contribution in [-0.4, -0.2) is 61.5 Å². The van der Waals surface area contributed by atoms with Crippen LogP contribution in [0.4, 0.5) is 11.4 Å². The van der Waals surface area contributed by atoms with E-state index in [1.807, 2.05) is 12.1 Å². The smallest absolute Gasteiger partial charge is 0.249 e. The molecule has 7 heteroatoms. The largest absolute Gasteiger partial charge is 0.374 e. The van der Waals surface area contributed by atoms with Gasteiger partial charge in [-0.15, -0.1) is 0 Å². The monoisotopic (exact) mass is 397 g/mol. The summed E-state index contributed by atoms with van der Waals surface area (Å²) in [5.74, 6) is 1.94. The molecule has 4 N–H and O–H groups in total. The molecule has 0 spiro atoms. The first-order valence-electron chi connectivity index (χ1n) is 11.0. The lowest BCUT2D eigenvalue weighted by Gasteiger charge is -2.35. The Morgan fingerprint density at radius 3 is 2.38 bits per heavy atom. The molecule has 3 saturated heterocycles. The fourth-order valence-corrected chi connectivity index (χ4v) is 5.35. The summed E-state index contributed by atoms with van der Waals surface area (Å²) in [7, 11) is 0. The Kier molecular flexibility index (Phi) is 4.95. The molecule has 0 aromatic heterocycles. The summed E-state index contributed by atoms with van der Waals surface area (Å²) >= 11 is 0. The molecule has 5 rings (SSSR count). The Labute approximate surface area is 172 Å². The molecular weight excluding hydrogens is 366 g/mol. The zero-order chi connectivity index (χ0) is 20.0. The minimum absolute atomic E-state index is 0.183. The number of amides is 2. The number of rotatable bonds is 5. The number of nitrogens with two attached hydrogens (primary N) is 1. The number of piperidine rings is 3. The number of anilines is 2. The summed E-state index contributed by atoms with van der Waals surface area (Å²) in [6.45, 7) is 5.87. The molecule has 1 aliphatic carbocycles. The van der Waals surface area contributed by atoms with E-state index in [-0.39, 0.29) is 17.9 Å². The maximum atomic E-state index is 11.9. The van der Waals surface area contributed by atoms with Crippen molar-refractivity contribution in [3.8, 4) is 0 Å². The van der Waals surface area contributed by atoms with Crippen LogP contribution in [0.2, 0.25) is 0 Å². The third-order valence-corrected chi connectivity index (χ3v) is 7.28. The lowest BCUT2D eigenvalue weighted by Crippen LogP contribution is -2.47. The van der Waals surface area contributed by atoms with Crippen molar-refractivity contribution in [1.29, 1.82) is 0 Å². The van der Waals surface area contributed by atoms with E-state index in [2.05, 4.69) is 32.6 Å². The van der Waals surface area contributed by atoms with E-state index in [4.69, 9.17) is 5.73 Å². The van der Waals surface area contributed by atoms with Gasteiger partial charge in [0.1, 0.15) is 6.04 Å². The first-order valence-corrected chi connectivity index (χ1v) is 11.0. The maximum absolute atomic E-state index is 11.9. The molecule has 2 amide bonds. The van der Waals surface area contributed by atoms with E-state index < -0.39 is 0 Å². The van der Waals surface area contributed by atoms with Gasteiger partial charge in [-0.2, -0.15) is 0 Å². The highest BCUT2D eigenvalue weighted by molar-refractivity contribution is 6.01. The Hall–Kier alpha value is -2.12. The summed E-state index contributed by atoms with van der Waals surface area (Å²) < 4.78 is 0. The molecule has 3 heterocycles. The van der Waals surface area contributed by atoms with Crippen molar-refractivity contribution in [2.75, 3.05) is 42.9 Å². The number of hydrogen-bond donors (Lipinski definition) is 3. The standard InChI is InChI=1S/C22H31N5O2/c23-21-17-12-26(13-18(17)21)11-14-7-9-27(10-8-14)16-3-1-15(2-4-16)24-19-5-6-20(28)25-22(19)29/h1-4,14,17-19,21,24H,5-13,23H2,(H,25,28,29). The normalized spacial score (nSPS) is 32.8. The maximum Gasteiger partial charge on any atom is 0.249 e. The fraction of sp³-hybridized carbons (Fsp3) is 0.636. The van der Waals surface area contributed by atoms with Crippen LogP contribution in [0.5, 0.6) is 0 Å². The highest BCUT2D eigenvalue weighted by Crippen LogP contribution is 2.44. The first kappa shape index (κ1) is 18.9. The molecule has 1 aromatic carbocycles. The molecular formula is C22H31N5O2. The van der Waals surface area contributed by atoms with E-state index in [9.17, 15) is 9.59 Å². The van der Waals surface area contributed by atoms with E-state index in [1.54, 1.807) is 0 Å². The van der Waals surface area contributed by atoms with Crippen molar-refractivity contribution in [3.05, 3.63) is 24.3 Å². The molecule has 3 aliphatic heterocycles. The van der Waals surface area contributed by atoms with Crippen molar-refractivity contribution in [2.24, 2.45) is 23.5 Å². The van der Waals surface area contributed by atoms with Crippen molar-refractivity contribution < 1.29 is 9.59 Å². The van der Waals surface area contributed by atoms with Crippen molar-refractivity contribution in [3.63, 3.8) is 0 Å². The van der Waals surface area contributed by atoms with Crippen LogP contribution in [0.15, 0.2) is 24.3 Å². The average Bonchev–Trinajstić information content (AvgIpc) is 3.12. The van der Waals surface area contributed by atoms with Crippen LogP contribution in [0.3, 0.4) is 0 Å². The third kappa shape index (κ3) is 3.98. The Balaban J connectivity index is 1.09. The van der Waals surface area contributed by atoms with Gasteiger partial charge >= 0.3 is 0 Å². The number of imide groups is 1. The van der Waals surface area contributed by atoms with Gasteiger partial charge in [-0.05, 0) is 61.3 Å². The second kappa shape index (κ2) is 7.61. The van der Waals surface area contributed by atoms with Crippen LogP contribution in [0.1, 0.15) is 25.7 Å². The van der Waals surface area contributed by atoms with E-state index in [0.717, 1.165) is 36.5 Å². The van der Waals surface area contributed by atoms with E-state index >= 15 is 0 Å². The molecule has 4 aliphatic rings. The minimum atomic E-state index is -0.333. The van der Waals surface area contributed by atoms with Gasteiger partial charge in [0.05, 0.1) is 0 Å². The van der Waals surface area contributed by atoms with Crippen LogP contribution < -0.4 is 21.3 Å². The van der Waals surface area contributed by atoms with Crippen molar-refractivity contribution in [2.45, 2.75) is 37.8 Å². The predicted molar refractivity (Wildman–Crippen MR) is 113 cm³/mol. The van der Waals surface area contributed by atoms with E-state index in [0.29, 0.717) is 18.9 Å². The SMILES string of the molecule is NC1C2CN(CC3CCN(c4ccc(NC5CCC(=O)NC5=O)cc4)CC3)CC12. The molecule has 3 atom stereocenters. The first-order chi connectivity index (χ1) is 14.1. The molecule has 0 radical (unpaired) electrons. The number of carbonyl (C=O) groups excluding carboxylic acids is 2. The van der Waals surface area contributed by atoms with Crippen molar-refractivity contribution in [1.82, 2.24) is 10.2 Å². The highest BCUT2D eigenvalue weighted by Gasteiger charge is 2.53. The van der Waals surface area contributed by atoms with Crippen LogP contribution >= 0.6 is 0 Å². The molecule has 1 saturated carbocycles. The molecule has 3 unspecified atom stereocenters. The molecule has 7 nitrogen and oxygen atoms in total. The minimum Gasteiger partial charge on any atom is -0.374 e. The number of likely N-dealkylation sites (tertiary alicyclic amines) is 1. The van der Waals surface area contributed by atoms with Crippen molar-refractivity contribution >= 4 is 23.2 Å². The van der Waals surface area contributed by atoms with Crippen LogP contribution in [-0.2, 0) is 9.59 Å². The second-order valence-corrected chi connectivity index (χ2v) is 9.25. The number of fused-ring (bicyclic) bond motifs is 1. The number of carbonyl (C=O) groups is 2. The van der Waals surface area contributed by atoms with Gasteiger partial charge in [-0.25, -0.2) is 0 Å².